The molecule has 0 aliphatic rings. The number of para-hydroxylation sites is 2. The summed E-state index contributed by atoms with van der Waals surface area (Å²) in [7, 11) is 5.90. The molecule has 35 heavy (non-hydrogen) atoms. The lowest BCUT2D eigenvalue weighted by Gasteiger charge is -2.13. The molecule has 1 heterocycles. The van der Waals surface area contributed by atoms with E-state index in [1.54, 1.807) is 36.4 Å². The van der Waals surface area contributed by atoms with E-state index in [9.17, 15) is 14.9 Å². The van der Waals surface area contributed by atoms with Crippen LogP contribution in [0.4, 0.5) is 0 Å². The van der Waals surface area contributed by atoms with Crippen molar-refractivity contribution in [3.63, 3.8) is 0 Å². The van der Waals surface area contributed by atoms with Gasteiger partial charge in [0.2, 0.25) is 5.75 Å². The van der Waals surface area contributed by atoms with Crippen LogP contribution in [0.25, 0.3) is 5.69 Å². The number of amides is 1. The lowest BCUT2D eigenvalue weighted by molar-refractivity contribution is 0.0947. The number of nitriles is 1. The first-order valence-electron chi connectivity index (χ1n) is 10.2. The van der Waals surface area contributed by atoms with Crippen LogP contribution >= 0.6 is 0 Å². The fourth-order valence-corrected chi connectivity index (χ4v) is 3.31. The molecule has 0 aliphatic carbocycles. The number of nitrogens with zero attached hydrogens (tertiary/aromatic N) is 4. The second-order valence-electron chi connectivity index (χ2n) is 7.01. The van der Waals surface area contributed by atoms with Gasteiger partial charge in [0.15, 0.2) is 17.2 Å². The minimum Gasteiger partial charge on any atom is -0.494 e. The number of ether oxygens (including phenoxy) is 4. The average Bonchev–Trinajstić information content (AvgIpc) is 2.88. The summed E-state index contributed by atoms with van der Waals surface area (Å²) in [6.07, 6.45) is 1.37. The Balaban J connectivity index is 1.98. The van der Waals surface area contributed by atoms with E-state index >= 15 is 0 Å². The molecule has 11 nitrogen and oxygen atoms in total. The summed E-state index contributed by atoms with van der Waals surface area (Å²) in [5.74, 6) is 0.881. The molecule has 180 valence electrons. The topological polar surface area (TPSA) is 137 Å². The lowest BCUT2D eigenvalue weighted by atomic mass is 10.1. The summed E-state index contributed by atoms with van der Waals surface area (Å²) in [5, 5.41) is 17.7. The van der Waals surface area contributed by atoms with Gasteiger partial charge in [-0.2, -0.15) is 20.1 Å². The zero-order valence-electron chi connectivity index (χ0n) is 19.8. The van der Waals surface area contributed by atoms with Gasteiger partial charge in [-0.25, -0.2) is 5.43 Å². The van der Waals surface area contributed by atoms with Crippen LogP contribution in [0.5, 0.6) is 23.0 Å². The lowest BCUT2D eigenvalue weighted by Crippen LogP contribution is -2.31. The smallest absolute Gasteiger partial charge is 0.292 e. The normalized spacial score (nSPS) is 10.5. The summed E-state index contributed by atoms with van der Waals surface area (Å²) >= 11 is 0. The van der Waals surface area contributed by atoms with Crippen molar-refractivity contribution >= 4 is 12.1 Å². The first kappa shape index (κ1) is 24.8. The molecule has 0 fully saturated rings. The Morgan fingerprint density at radius 1 is 1.06 bits per heavy atom. The molecule has 3 rings (SSSR count). The van der Waals surface area contributed by atoms with E-state index < -0.39 is 11.5 Å². The van der Waals surface area contributed by atoms with Crippen molar-refractivity contribution in [3.05, 3.63) is 69.1 Å². The number of carbonyl (C=O) groups is 1. The van der Waals surface area contributed by atoms with Gasteiger partial charge in [-0.15, -0.1) is 0 Å². The van der Waals surface area contributed by atoms with Gasteiger partial charge in [0, 0.05) is 11.1 Å². The number of methoxy groups -OCH3 is 4. The fourth-order valence-electron chi connectivity index (χ4n) is 3.31. The fraction of sp³-hybridized carbons (Fsp3) is 0.208. The van der Waals surface area contributed by atoms with Gasteiger partial charge in [-0.3, -0.25) is 9.59 Å². The van der Waals surface area contributed by atoms with E-state index in [2.05, 4.69) is 15.6 Å². The molecule has 1 amide bonds. The van der Waals surface area contributed by atoms with E-state index in [4.69, 9.17) is 18.9 Å². The maximum atomic E-state index is 12.9. The van der Waals surface area contributed by atoms with E-state index in [1.807, 2.05) is 6.07 Å². The van der Waals surface area contributed by atoms with Crippen LogP contribution in [0.3, 0.4) is 0 Å². The molecular weight excluding hydrogens is 454 g/mol. The largest absolute Gasteiger partial charge is 0.494 e. The van der Waals surface area contributed by atoms with Crippen molar-refractivity contribution in [2.45, 2.75) is 6.92 Å². The van der Waals surface area contributed by atoms with Crippen LogP contribution in [-0.2, 0) is 0 Å². The summed E-state index contributed by atoms with van der Waals surface area (Å²) < 4.78 is 22.1. The van der Waals surface area contributed by atoms with Crippen molar-refractivity contribution in [2.24, 2.45) is 5.10 Å². The van der Waals surface area contributed by atoms with Crippen molar-refractivity contribution in [3.8, 4) is 34.8 Å². The molecule has 0 spiro atoms. The van der Waals surface area contributed by atoms with Gasteiger partial charge in [0.25, 0.3) is 11.5 Å². The zero-order valence-corrected chi connectivity index (χ0v) is 19.8. The predicted octanol–water partition coefficient (Wildman–Crippen LogP) is 2.21. The second-order valence-corrected chi connectivity index (χ2v) is 7.01. The molecule has 0 aliphatic heterocycles. The standard InChI is InChI=1S/C24H23N5O6/c1-14-16(12-25)24(31)29(17-8-6-7-9-18(17)32-2)28-21(14)23(30)27-26-13-15-10-19(33-3)22(35-5)20(11-15)34-4/h6-11,13H,1-5H3,(H,27,30)/b26-13+. The van der Waals surface area contributed by atoms with Gasteiger partial charge >= 0.3 is 0 Å². The SMILES string of the molecule is COc1ccccc1-n1nc(C(=O)N/N=C/c2cc(OC)c(OC)c(OC)c2)c(C)c(C#N)c1=O. The van der Waals surface area contributed by atoms with Crippen molar-refractivity contribution in [1.29, 1.82) is 5.26 Å². The average molecular weight is 477 g/mol. The highest BCUT2D eigenvalue weighted by Crippen LogP contribution is 2.37. The Kier molecular flexibility index (Phi) is 7.68. The van der Waals surface area contributed by atoms with Crippen LogP contribution in [0.1, 0.15) is 27.2 Å². The zero-order chi connectivity index (χ0) is 25.5. The maximum absolute atomic E-state index is 12.9. The minimum atomic E-state index is -0.716. The molecule has 0 atom stereocenters. The Morgan fingerprint density at radius 2 is 1.69 bits per heavy atom. The monoisotopic (exact) mass is 477 g/mol. The summed E-state index contributed by atoms with van der Waals surface area (Å²) in [6.45, 7) is 1.47. The molecule has 0 saturated carbocycles. The molecule has 1 aromatic heterocycles. The van der Waals surface area contributed by atoms with Gasteiger partial charge in [-0.1, -0.05) is 12.1 Å². The maximum Gasteiger partial charge on any atom is 0.292 e. The number of hydrazone groups is 1. The molecule has 0 saturated heterocycles. The summed E-state index contributed by atoms with van der Waals surface area (Å²) in [6, 6.07) is 11.8. The number of carbonyl (C=O) groups excluding carboxylic acids is 1. The Bertz CT molecular complexity index is 1370. The molecule has 2 aromatic carbocycles. The number of benzene rings is 2. The van der Waals surface area contributed by atoms with Crippen molar-refractivity contribution < 1.29 is 23.7 Å². The first-order valence-corrected chi connectivity index (χ1v) is 10.2. The van der Waals surface area contributed by atoms with Crippen LogP contribution < -0.4 is 29.9 Å². The highest BCUT2D eigenvalue weighted by Gasteiger charge is 2.21. The van der Waals surface area contributed by atoms with Crippen LogP contribution in [-0.4, -0.2) is 50.3 Å². The van der Waals surface area contributed by atoms with Gasteiger partial charge in [0.1, 0.15) is 23.1 Å². The van der Waals surface area contributed by atoms with Crippen LogP contribution in [0, 0.1) is 18.3 Å². The first-order chi connectivity index (χ1) is 16.9. The summed E-state index contributed by atoms with van der Waals surface area (Å²) in [4.78, 5) is 25.8. The number of hydrogen-bond donors (Lipinski definition) is 1. The third kappa shape index (κ3) is 4.91. The minimum absolute atomic E-state index is 0.129. The number of rotatable bonds is 8. The third-order valence-corrected chi connectivity index (χ3v) is 5.04. The quantitative estimate of drug-likeness (QED) is 0.385. The van der Waals surface area contributed by atoms with Gasteiger partial charge in [-0.05, 0) is 31.2 Å². The van der Waals surface area contributed by atoms with Crippen LogP contribution in [0.15, 0.2) is 46.3 Å². The molecule has 0 bridgehead atoms. The van der Waals surface area contributed by atoms with E-state index in [0.29, 0.717) is 28.6 Å². The Hall–Kier alpha value is -4.85. The van der Waals surface area contributed by atoms with Gasteiger partial charge in [0.05, 0.1) is 34.7 Å². The van der Waals surface area contributed by atoms with Crippen LogP contribution in [0.2, 0.25) is 0 Å². The molecule has 0 radical (unpaired) electrons. The molecule has 1 N–H and O–H groups in total. The van der Waals surface area contributed by atoms with Crippen molar-refractivity contribution in [2.75, 3.05) is 28.4 Å². The van der Waals surface area contributed by atoms with E-state index in [0.717, 1.165) is 4.68 Å². The highest BCUT2D eigenvalue weighted by atomic mass is 16.5. The molecular formula is C24H23N5O6. The van der Waals surface area contributed by atoms with Crippen molar-refractivity contribution in [1.82, 2.24) is 15.2 Å². The number of hydrogen-bond acceptors (Lipinski definition) is 9. The van der Waals surface area contributed by atoms with E-state index in [1.165, 1.54) is 41.6 Å². The Morgan fingerprint density at radius 3 is 2.26 bits per heavy atom. The third-order valence-electron chi connectivity index (χ3n) is 5.04. The number of nitrogens with one attached hydrogen (secondary N) is 1. The number of aromatic nitrogens is 2. The summed E-state index contributed by atoms with van der Waals surface area (Å²) in [5.41, 5.74) is 2.30. The predicted molar refractivity (Wildman–Crippen MR) is 127 cm³/mol. The molecule has 0 unspecified atom stereocenters. The van der Waals surface area contributed by atoms with Gasteiger partial charge < -0.3 is 18.9 Å². The highest BCUT2D eigenvalue weighted by molar-refractivity contribution is 5.95. The van der Waals surface area contributed by atoms with E-state index in [-0.39, 0.29) is 22.5 Å². The second kappa shape index (κ2) is 10.8. The molecule has 11 heteroatoms. The molecule has 3 aromatic rings. The Labute approximate surface area is 201 Å².